The number of nitrogens with one attached hydrogen (secondary N) is 1. The fraction of sp³-hybridized carbons (Fsp3) is 0.857. The third kappa shape index (κ3) is 3.72. The summed E-state index contributed by atoms with van der Waals surface area (Å²) in [5.74, 6) is 4.79. The van der Waals surface area contributed by atoms with Gasteiger partial charge in [0.25, 0.3) is 0 Å². The second kappa shape index (κ2) is 6.27. The molecule has 1 unspecified atom stereocenters. The largest absolute Gasteiger partial charge is 0.391 e. The highest BCUT2D eigenvalue weighted by Crippen LogP contribution is 2.41. The number of halogens is 3. The average molecular weight is 276 g/mol. The van der Waals surface area contributed by atoms with Crippen molar-refractivity contribution >= 4 is 0 Å². The lowest BCUT2D eigenvalue weighted by Gasteiger charge is -2.36. The maximum atomic E-state index is 12.7. The van der Waals surface area contributed by atoms with E-state index in [1.165, 1.54) is 18.4 Å². The normalized spacial score (nSPS) is 30.8. The van der Waals surface area contributed by atoms with Gasteiger partial charge in [-0.15, -0.1) is 0 Å². The molecule has 0 aromatic rings. The maximum absolute atomic E-state index is 12.7. The van der Waals surface area contributed by atoms with Crippen LogP contribution in [0.25, 0.3) is 0 Å². The highest BCUT2D eigenvalue weighted by Gasteiger charge is 2.42. The van der Waals surface area contributed by atoms with E-state index in [0.29, 0.717) is 12.8 Å². The van der Waals surface area contributed by atoms with Gasteiger partial charge in [-0.25, -0.2) is 0 Å². The predicted octanol–water partition coefficient (Wildman–Crippen LogP) is 3.69. The van der Waals surface area contributed by atoms with Crippen molar-refractivity contribution in [1.29, 1.82) is 0 Å². The van der Waals surface area contributed by atoms with Crippen LogP contribution in [-0.4, -0.2) is 12.2 Å². The molecular weight excluding hydrogens is 253 g/mol. The molecule has 0 bridgehead atoms. The van der Waals surface area contributed by atoms with Gasteiger partial charge in [0, 0.05) is 6.04 Å². The molecule has 2 nitrogen and oxygen atoms in total. The van der Waals surface area contributed by atoms with E-state index in [1.54, 1.807) is 0 Å². The molecule has 5 heteroatoms. The van der Waals surface area contributed by atoms with Gasteiger partial charge < -0.3 is 0 Å². The highest BCUT2D eigenvalue weighted by molar-refractivity contribution is 5.14. The molecule has 0 spiro atoms. The minimum absolute atomic E-state index is 0.0782. The van der Waals surface area contributed by atoms with Gasteiger partial charge in [0.15, 0.2) is 0 Å². The Kier molecular flexibility index (Phi) is 4.90. The summed E-state index contributed by atoms with van der Waals surface area (Å²) in [4.78, 5) is 0. The zero-order valence-electron chi connectivity index (χ0n) is 11.2. The van der Waals surface area contributed by atoms with E-state index in [-0.39, 0.29) is 24.8 Å². The minimum atomic E-state index is -4.03. The summed E-state index contributed by atoms with van der Waals surface area (Å²) >= 11 is 0. The van der Waals surface area contributed by atoms with Crippen molar-refractivity contribution in [2.45, 2.75) is 63.6 Å². The third-order valence-electron chi connectivity index (χ3n) is 4.61. The molecule has 0 amide bonds. The average Bonchev–Trinajstić information content (AvgIpc) is 2.40. The van der Waals surface area contributed by atoms with E-state index in [4.69, 9.17) is 5.84 Å². The van der Waals surface area contributed by atoms with Gasteiger partial charge in [0.1, 0.15) is 0 Å². The first kappa shape index (κ1) is 14.9. The molecule has 1 fully saturated rings. The van der Waals surface area contributed by atoms with Crippen LogP contribution >= 0.6 is 0 Å². The Morgan fingerprint density at radius 2 is 1.84 bits per heavy atom. The van der Waals surface area contributed by atoms with Gasteiger partial charge in [-0.3, -0.25) is 11.3 Å². The molecule has 19 heavy (non-hydrogen) atoms. The van der Waals surface area contributed by atoms with Gasteiger partial charge in [0.2, 0.25) is 0 Å². The fourth-order valence-electron chi connectivity index (χ4n) is 3.47. The SMILES string of the molecule is NNC(C1=CCCCC1)C1CCC(C(F)(F)F)CC1. The van der Waals surface area contributed by atoms with Crippen molar-refractivity contribution in [2.24, 2.45) is 17.7 Å². The first-order chi connectivity index (χ1) is 9.02. The van der Waals surface area contributed by atoms with Gasteiger partial charge in [-0.1, -0.05) is 11.6 Å². The molecule has 2 aliphatic carbocycles. The van der Waals surface area contributed by atoms with E-state index in [9.17, 15) is 13.2 Å². The lowest BCUT2D eigenvalue weighted by Crippen LogP contribution is -2.44. The van der Waals surface area contributed by atoms with Crippen molar-refractivity contribution in [1.82, 2.24) is 5.43 Å². The number of hydrogen-bond acceptors (Lipinski definition) is 2. The molecule has 1 saturated carbocycles. The minimum Gasteiger partial charge on any atom is -0.271 e. The van der Waals surface area contributed by atoms with E-state index >= 15 is 0 Å². The Balaban J connectivity index is 1.93. The molecule has 0 aliphatic heterocycles. The van der Waals surface area contributed by atoms with Crippen LogP contribution in [0.2, 0.25) is 0 Å². The van der Waals surface area contributed by atoms with Crippen molar-refractivity contribution in [3.05, 3.63) is 11.6 Å². The van der Waals surface area contributed by atoms with E-state index in [0.717, 1.165) is 12.8 Å². The van der Waals surface area contributed by atoms with Crippen LogP contribution in [0.1, 0.15) is 51.4 Å². The summed E-state index contributed by atoms with van der Waals surface area (Å²) < 4.78 is 38.0. The van der Waals surface area contributed by atoms with Crippen LogP contribution in [0.4, 0.5) is 13.2 Å². The highest BCUT2D eigenvalue weighted by atomic mass is 19.4. The number of alkyl halides is 3. The number of nitrogens with two attached hydrogens (primary N) is 1. The second-order valence-electron chi connectivity index (χ2n) is 5.82. The zero-order chi connectivity index (χ0) is 13.9. The number of hydrogen-bond donors (Lipinski definition) is 2. The summed E-state index contributed by atoms with van der Waals surface area (Å²) in [5.41, 5.74) is 4.15. The van der Waals surface area contributed by atoms with Gasteiger partial charge in [-0.05, 0) is 57.3 Å². The third-order valence-corrected chi connectivity index (χ3v) is 4.61. The molecule has 2 aliphatic rings. The molecule has 1 atom stereocenters. The monoisotopic (exact) mass is 276 g/mol. The van der Waals surface area contributed by atoms with Crippen molar-refractivity contribution in [3.8, 4) is 0 Å². The molecule has 110 valence electrons. The quantitative estimate of drug-likeness (QED) is 0.469. The van der Waals surface area contributed by atoms with Crippen molar-refractivity contribution < 1.29 is 13.2 Å². The first-order valence-corrected chi connectivity index (χ1v) is 7.24. The van der Waals surface area contributed by atoms with Crippen LogP contribution in [-0.2, 0) is 0 Å². The van der Waals surface area contributed by atoms with Gasteiger partial charge in [-0.2, -0.15) is 13.2 Å². The Labute approximate surface area is 112 Å². The van der Waals surface area contributed by atoms with Crippen molar-refractivity contribution in [3.63, 3.8) is 0 Å². The van der Waals surface area contributed by atoms with Gasteiger partial charge >= 0.3 is 6.18 Å². The Morgan fingerprint density at radius 1 is 1.16 bits per heavy atom. The van der Waals surface area contributed by atoms with Crippen LogP contribution in [0.15, 0.2) is 11.6 Å². The predicted molar refractivity (Wildman–Crippen MR) is 69.2 cm³/mol. The molecular formula is C14H23F3N2. The number of hydrazine groups is 1. The van der Waals surface area contributed by atoms with E-state index in [1.807, 2.05) is 0 Å². The van der Waals surface area contributed by atoms with Crippen LogP contribution in [0.5, 0.6) is 0 Å². The molecule has 2 rings (SSSR count). The standard InChI is InChI=1S/C14H23F3N2/c15-14(16,17)12-8-6-11(7-9-12)13(19-18)10-4-2-1-3-5-10/h4,11-13,19H,1-3,5-9,18H2. The zero-order valence-corrected chi connectivity index (χ0v) is 11.2. The summed E-state index contributed by atoms with van der Waals surface area (Å²) in [6, 6.07) is 0.0782. The summed E-state index contributed by atoms with van der Waals surface area (Å²) in [5, 5.41) is 0. The molecule has 0 saturated heterocycles. The smallest absolute Gasteiger partial charge is 0.271 e. The van der Waals surface area contributed by atoms with Crippen LogP contribution in [0.3, 0.4) is 0 Å². The first-order valence-electron chi connectivity index (χ1n) is 7.24. The van der Waals surface area contributed by atoms with Crippen molar-refractivity contribution in [2.75, 3.05) is 0 Å². The second-order valence-corrected chi connectivity index (χ2v) is 5.82. The van der Waals surface area contributed by atoms with E-state index in [2.05, 4.69) is 11.5 Å². The molecule has 3 N–H and O–H groups in total. The Morgan fingerprint density at radius 3 is 2.32 bits per heavy atom. The molecule has 0 aromatic carbocycles. The number of allylic oxidation sites excluding steroid dienone is 1. The summed E-state index contributed by atoms with van der Waals surface area (Å²) in [6.45, 7) is 0. The van der Waals surface area contributed by atoms with Crippen LogP contribution < -0.4 is 11.3 Å². The molecule has 0 heterocycles. The lowest BCUT2D eigenvalue weighted by atomic mass is 9.75. The number of rotatable bonds is 3. The molecule has 0 aromatic heterocycles. The lowest BCUT2D eigenvalue weighted by molar-refractivity contribution is -0.184. The Bertz CT molecular complexity index is 317. The summed E-state index contributed by atoms with van der Waals surface area (Å²) in [6.07, 6.45) is 4.43. The summed E-state index contributed by atoms with van der Waals surface area (Å²) in [7, 11) is 0. The fourth-order valence-corrected chi connectivity index (χ4v) is 3.47. The maximum Gasteiger partial charge on any atom is 0.391 e. The van der Waals surface area contributed by atoms with Crippen LogP contribution in [0, 0.1) is 11.8 Å². The van der Waals surface area contributed by atoms with E-state index < -0.39 is 12.1 Å². The molecule has 0 radical (unpaired) electrons. The topological polar surface area (TPSA) is 38.0 Å². The van der Waals surface area contributed by atoms with Gasteiger partial charge in [0.05, 0.1) is 5.92 Å². The Hall–Kier alpha value is -0.550.